The molecule has 0 aliphatic heterocycles. The van der Waals surface area contributed by atoms with E-state index in [9.17, 15) is 4.79 Å². The van der Waals surface area contributed by atoms with E-state index in [2.05, 4.69) is 22.1 Å². The second-order valence-electron chi connectivity index (χ2n) is 6.90. The number of nitrogens with one attached hydrogen (secondary N) is 1. The van der Waals surface area contributed by atoms with E-state index >= 15 is 0 Å². The van der Waals surface area contributed by atoms with E-state index in [-0.39, 0.29) is 11.7 Å². The molecule has 0 unspecified atom stereocenters. The molecule has 1 N–H and O–H groups in total. The van der Waals surface area contributed by atoms with Crippen molar-refractivity contribution >= 4 is 40.6 Å². The van der Waals surface area contributed by atoms with Gasteiger partial charge < -0.3 is 10.2 Å². The molecule has 0 atom stereocenters. The van der Waals surface area contributed by atoms with Gasteiger partial charge in [-0.2, -0.15) is 0 Å². The summed E-state index contributed by atoms with van der Waals surface area (Å²) < 4.78 is 1.96. The van der Waals surface area contributed by atoms with Crippen LogP contribution >= 0.6 is 23.4 Å². The number of benzene rings is 2. The normalized spacial score (nSPS) is 10.7. The Bertz CT molecular complexity index is 1050. The van der Waals surface area contributed by atoms with Crippen LogP contribution in [0, 0.1) is 6.92 Å². The Morgan fingerprint density at radius 3 is 2.63 bits per heavy atom. The summed E-state index contributed by atoms with van der Waals surface area (Å²) in [5.41, 5.74) is 3.62. The Morgan fingerprint density at radius 2 is 1.97 bits per heavy atom. The first-order chi connectivity index (χ1) is 14.4. The van der Waals surface area contributed by atoms with Crippen molar-refractivity contribution in [2.75, 3.05) is 30.1 Å². The number of carbonyl (C=O) groups excluding carboxylic acids is 1. The first kappa shape index (κ1) is 21.9. The molecule has 2 aromatic carbocycles. The molecule has 6 nitrogen and oxygen atoms in total. The topological polar surface area (TPSA) is 63.1 Å². The molecule has 1 aromatic heterocycles. The van der Waals surface area contributed by atoms with Gasteiger partial charge in [0.25, 0.3) is 0 Å². The average Bonchev–Trinajstić information content (AvgIpc) is 3.13. The number of hydrogen-bond acceptors (Lipinski definition) is 5. The molecule has 3 rings (SSSR count). The maximum Gasteiger partial charge on any atom is 0.234 e. The molecule has 30 heavy (non-hydrogen) atoms. The highest BCUT2D eigenvalue weighted by atomic mass is 35.5. The van der Waals surface area contributed by atoms with Gasteiger partial charge in [-0.25, -0.2) is 0 Å². The fourth-order valence-corrected chi connectivity index (χ4v) is 3.79. The fraction of sp³-hybridized carbons (Fsp3) is 0.227. The van der Waals surface area contributed by atoms with Crippen molar-refractivity contribution < 1.29 is 4.79 Å². The second kappa shape index (κ2) is 9.82. The van der Waals surface area contributed by atoms with Crippen LogP contribution in [0.15, 0.2) is 60.3 Å². The molecule has 3 aromatic rings. The minimum atomic E-state index is -0.129. The van der Waals surface area contributed by atoms with Gasteiger partial charge in [-0.15, -0.1) is 16.8 Å². The molecular formula is C22H24ClN5OS. The summed E-state index contributed by atoms with van der Waals surface area (Å²) in [6.07, 6.45) is 1.79. The zero-order valence-corrected chi connectivity index (χ0v) is 18.8. The molecule has 0 saturated heterocycles. The summed E-state index contributed by atoms with van der Waals surface area (Å²) in [5.74, 6) is 0.824. The van der Waals surface area contributed by atoms with Gasteiger partial charge >= 0.3 is 0 Å². The average molecular weight is 442 g/mol. The third-order valence-electron chi connectivity index (χ3n) is 4.54. The number of rotatable bonds is 8. The summed E-state index contributed by atoms with van der Waals surface area (Å²) in [5, 5.41) is 12.8. The number of nitrogens with zero attached hydrogens (tertiary/aromatic N) is 4. The van der Waals surface area contributed by atoms with Crippen molar-refractivity contribution in [3.63, 3.8) is 0 Å². The lowest BCUT2D eigenvalue weighted by Gasteiger charge is -2.13. The van der Waals surface area contributed by atoms with Crippen LogP contribution in [0.1, 0.15) is 5.56 Å². The van der Waals surface area contributed by atoms with Gasteiger partial charge in [0.05, 0.1) is 5.75 Å². The summed E-state index contributed by atoms with van der Waals surface area (Å²) in [4.78, 5) is 14.5. The van der Waals surface area contributed by atoms with E-state index in [0.29, 0.717) is 22.4 Å². The summed E-state index contributed by atoms with van der Waals surface area (Å²) >= 11 is 7.46. The Morgan fingerprint density at radius 1 is 1.23 bits per heavy atom. The maximum absolute atomic E-state index is 12.4. The highest BCUT2D eigenvalue weighted by Gasteiger charge is 2.16. The molecule has 156 valence electrons. The van der Waals surface area contributed by atoms with Crippen LogP contribution in [-0.2, 0) is 11.3 Å². The van der Waals surface area contributed by atoms with Gasteiger partial charge in [0.2, 0.25) is 5.91 Å². The first-order valence-corrected chi connectivity index (χ1v) is 10.8. The SMILES string of the molecule is C=CCn1c(SCC(=O)Nc2cccc(Cl)c2C)nnc1-c1ccc(N(C)C)cc1. The van der Waals surface area contributed by atoms with Crippen LogP contribution in [0.2, 0.25) is 5.02 Å². The van der Waals surface area contributed by atoms with Crippen LogP contribution in [0.4, 0.5) is 11.4 Å². The van der Waals surface area contributed by atoms with Gasteiger partial charge in [-0.1, -0.05) is 35.5 Å². The highest BCUT2D eigenvalue weighted by molar-refractivity contribution is 7.99. The van der Waals surface area contributed by atoms with E-state index in [1.54, 1.807) is 12.1 Å². The number of thioether (sulfide) groups is 1. The van der Waals surface area contributed by atoms with Crippen molar-refractivity contribution in [2.45, 2.75) is 18.6 Å². The lowest BCUT2D eigenvalue weighted by molar-refractivity contribution is -0.113. The number of anilines is 2. The summed E-state index contributed by atoms with van der Waals surface area (Å²) in [6.45, 7) is 6.26. The van der Waals surface area contributed by atoms with Gasteiger partial charge in [0, 0.05) is 42.6 Å². The van der Waals surface area contributed by atoms with Gasteiger partial charge in [0.15, 0.2) is 11.0 Å². The number of aromatic nitrogens is 3. The summed E-state index contributed by atoms with van der Waals surface area (Å²) in [7, 11) is 4.00. The number of halogens is 1. The minimum absolute atomic E-state index is 0.129. The Labute approximate surface area is 186 Å². The van der Waals surface area contributed by atoms with Crippen molar-refractivity contribution in [3.8, 4) is 11.4 Å². The van der Waals surface area contributed by atoms with Crippen LogP contribution in [-0.4, -0.2) is 40.5 Å². The predicted molar refractivity (Wildman–Crippen MR) is 126 cm³/mol. The molecule has 0 radical (unpaired) electrons. The van der Waals surface area contributed by atoms with Crippen LogP contribution < -0.4 is 10.2 Å². The zero-order chi connectivity index (χ0) is 21.7. The van der Waals surface area contributed by atoms with E-state index in [1.807, 2.05) is 66.9 Å². The van der Waals surface area contributed by atoms with Crippen molar-refractivity contribution in [3.05, 3.63) is 65.7 Å². The monoisotopic (exact) mass is 441 g/mol. The van der Waals surface area contributed by atoms with E-state index < -0.39 is 0 Å². The Balaban J connectivity index is 1.74. The van der Waals surface area contributed by atoms with Crippen molar-refractivity contribution in [1.82, 2.24) is 14.8 Å². The largest absolute Gasteiger partial charge is 0.378 e. The van der Waals surface area contributed by atoms with Crippen LogP contribution in [0.5, 0.6) is 0 Å². The number of carbonyl (C=O) groups is 1. The standard InChI is InChI=1S/C22H24ClN5OS/c1-5-13-28-21(16-9-11-17(12-10-16)27(3)4)25-26-22(28)30-14-20(29)24-19-8-6-7-18(23)15(19)2/h5-12H,1,13-14H2,2-4H3,(H,24,29). The van der Waals surface area contributed by atoms with Gasteiger partial charge in [-0.3, -0.25) is 9.36 Å². The molecule has 0 bridgehead atoms. The molecule has 8 heteroatoms. The first-order valence-electron chi connectivity index (χ1n) is 9.40. The highest BCUT2D eigenvalue weighted by Crippen LogP contribution is 2.27. The molecule has 1 amide bonds. The molecule has 0 aliphatic rings. The number of hydrogen-bond donors (Lipinski definition) is 1. The lowest BCUT2D eigenvalue weighted by Crippen LogP contribution is -2.15. The molecular weight excluding hydrogens is 418 g/mol. The number of allylic oxidation sites excluding steroid dienone is 1. The van der Waals surface area contributed by atoms with E-state index in [0.717, 1.165) is 22.6 Å². The lowest BCUT2D eigenvalue weighted by atomic mass is 10.2. The molecule has 1 heterocycles. The number of amides is 1. The maximum atomic E-state index is 12.4. The molecule has 0 spiro atoms. The zero-order valence-electron chi connectivity index (χ0n) is 17.2. The second-order valence-corrected chi connectivity index (χ2v) is 8.25. The van der Waals surface area contributed by atoms with E-state index in [4.69, 9.17) is 11.6 Å². The third kappa shape index (κ3) is 5.04. The quantitative estimate of drug-likeness (QED) is 0.398. The summed E-state index contributed by atoms with van der Waals surface area (Å²) in [6, 6.07) is 13.5. The van der Waals surface area contributed by atoms with Crippen molar-refractivity contribution in [2.24, 2.45) is 0 Å². The minimum Gasteiger partial charge on any atom is -0.378 e. The molecule has 0 aliphatic carbocycles. The smallest absolute Gasteiger partial charge is 0.234 e. The predicted octanol–water partition coefficient (Wildman–Crippen LogP) is 4.89. The fourth-order valence-electron chi connectivity index (χ4n) is 2.87. The molecule has 0 fully saturated rings. The Hall–Kier alpha value is -2.77. The van der Waals surface area contributed by atoms with Crippen molar-refractivity contribution in [1.29, 1.82) is 0 Å². The Kier molecular flexibility index (Phi) is 7.18. The van der Waals surface area contributed by atoms with Gasteiger partial charge in [0.1, 0.15) is 0 Å². The van der Waals surface area contributed by atoms with Gasteiger partial charge in [-0.05, 0) is 48.9 Å². The third-order valence-corrected chi connectivity index (χ3v) is 5.92. The van der Waals surface area contributed by atoms with Crippen LogP contribution in [0.3, 0.4) is 0 Å². The van der Waals surface area contributed by atoms with E-state index in [1.165, 1.54) is 11.8 Å². The van der Waals surface area contributed by atoms with Crippen LogP contribution in [0.25, 0.3) is 11.4 Å². The molecule has 0 saturated carbocycles.